The van der Waals surface area contributed by atoms with Gasteiger partial charge < -0.3 is 9.47 Å². The van der Waals surface area contributed by atoms with Crippen LogP contribution in [0.4, 0.5) is 5.69 Å². The Bertz CT molecular complexity index is 1920. The molecule has 1 aliphatic heterocycles. The van der Waals surface area contributed by atoms with Gasteiger partial charge in [-0.1, -0.05) is 41.2 Å². The molecular formula is C31H25Br2N3O6S. The molecule has 0 saturated carbocycles. The van der Waals surface area contributed by atoms with Crippen LogP contribution in [0, 0.1) is 17.0 Å². The monoisotopic (exact) mass is 725 g/mol. The lowest BCUT2D eigenvalue weighted by atomic mass is 9.95. The highest BCUT2D eigenvalue weighted by Crippen LogP contribution is 2.36. The zero-order valence-electron chi connectivity index (χ0n) is 23.3. The van der Waals surface area contributed by atoms with Gasteiger partial charge in [-0.15, -0.1) is 0 Å². The Balaban J connectivity index is 1.51. The number of aromatic nitrogens is 1. The SMILES string of the molecule is CCOC(=O)C1=C(C)N=c2s/c(=C/c3cc(Br)c(OCc4ccc([N+](=O)[O-])cc4)c(Br)c3)c(=O)n2[C@@H]1c1ccc(C)cc1. The number of ether oxygens (including phenoxy) is 2. The molecule has 0 unspecified atom stereocenters. The van der Waals surface area contributed by atoms with Crippen LogP contribution in [0.5, 0.6) is 5.75 Å². The molecule has 0 bridgehead atoms. The predicted octanol–water partition coefficient (Wildman–Crippen LogP) is 6.12. The van der Waals surface area contributed by atoms with E-state index in [4.69, 9.17) is 9.47 Å². The van der Waals surface area contributed by atoms with Crippen molar-refractivity contribution in [1.29, 1.82) is 0 Å². The summed E-state index contributed by atoms with van der Waals surface area (Å²) in [6.45, 7) is 5.89. The molecule has 0 amide bonds. The molecular weight excluding hydrogens is 702 g/mol. The van der Waals surface area contributed by atoms with E-state index in [2.05, 4.69) is 36.9 Å². The van der Waals surface area contributed by atoms with Gasteiger partial charge in [-0.3, -0.25) is 19.5 Å². The summed E-state index contributed by atoms with van der Waals surface area (Å²) in [5, 5.41) is 10.9. The number of allylic oxidation sites excluding steroid dienone is 1. The number of nitro groups is 1. The highest BCUT2D eigenvalue weighted by Gasteiger charge is 2.33. The van der Waals surface area contributed by atoms with Crippen LogP contribution < -0.4 is 19.6 Å². The van der Waals surface area contributed by atoms with Gasteiger partial charge in [0.05, 0.1) is 42.3 Å². The molecule has 9 nitrogen and oxygen atoms in total. The summed E-state index contributed by atoms with van der Waals surface area (Å²) in [5.41, 5.74) is 3.95. The molecule has 0 aliphatic carbocycles. The second kappa shape index (κ2) is 12.8. The minimum Gasteiger partial charge on any atom is -0.487 e. The molecule has 0 N–H and O–H groups in total. The van der Waals surface area contributed by atoms with E-state index in [0.29, 0.717) is 35.3 Å². The van der Waals surface area contributed by atoms with Crippen LogP contribution >= 0.6 is 43.2 Å². The standard InChI is InChI=1S/C31H25Br2N3O6S/c1-4-41-30(38)26-18(3)34-31-35(27(26)21-9-5-17(2)6-10-21)29(37)25(43-31)15-20-13-23(32)28(24(33)14-20)42-16-19-7-11-22(12-8-19)36(39)40/h5-15,27H,4,16H2,1-3H3/b25-15+/t27-/m1/s1. The van der Waals surface area contributed by atoms with Crippen LogP contribution in [0.2, 0.25) is 0 Å². The van der Waals surface area contributed by atoms with E-state index >= 15 is 0 Å². The molecule has 1 aliphatic rings. The van der Waals surface area contributed by atoms with Gasteiger partial charge in [-0.05, 0) is 99.7 Å². The Morgan fingerprint density at radius 1 is 1.09 bits per heavy atom. The van der Waals surface area contributed by atoms with Gasteiger partial charge >= 0.3 is 5.97 Å². The zero-order valence-corrected chi connectivity index (χ0v) is 27.3. The third kappa shape index (κ3) is 6.41. The second-order valence-electron chi connectivity index (χ2n) is 9.74. The average Bonchev–Trinajstić information content (AvgIpc) is 3.26. The van der Waals surface area contributed by atoms with E-state index in [0.717, 1.165) is 22.3 Å². The minimum atomic E-state index is -0.674. The first-order chi connectivity index (χ1) is 20.6. The van der Waals surface area contributed by atoms with Gasteiger partial charge in [0.15, 0.2) is 4.80 Å². The molecule has 1 atom stereocenters. The number of esters is 1. The summed E-state index contributed by atoms with van der Waals surface area (Å²) in [5.74, 6) is 0.0480. The molecule has 43 heavy (non-hydrogen) atoms. The Morgan fingerprint density at radius 2 is 1.74 bits per heavy atom. The van der Waals surface area contributed by atoms with E-state index in [9.17, 15) is 19.7 Å². The van der Waals surface area contributed by atoms with Gasteiger partial charge in [0, 0.05) is 12.1 Å². The second-order valence-corrected chi connectivity index (χ2v) is 12.5. The van der Waals surface area contributed by atoms with Gasteiger partial charge in [0.2, 0.25) is 0 Å². The molecule has 0 radical (unpaired) electrons. The molecule has 4 aromatic rings. The van der Waals surface area contributed by atoms with E-state index in [1.807, 2.05) is 43.3 Å². The van der Waals surface area contributed by atoms with E-state index in [1.54, 1.807) is 36.6 Å². The molecule has 220 valence electrons. The number of carbonyl (C=O) groups excluding carboxylic acids is 1. The van der Waals surface area contributed by atoms with Crippen molar-refractivity contribution in [1.82, 2.24) is 4.57 Å². The molecule has 0 spiro atoms. The molecule has 2 heterocycles. The van der Waals surface area contributed by atoms with Crippen molar-refractivity contribution in [2.45, 2.75) is 33.4 Å². The van der Waals surface area contributed by atoms with Crippen molar-refractivity contribution in [3.05, 3.63) is 133 Å². The summed E-state index contributed by atoms with van der Waals surface area (Å²) in [6.07, 6.45) is 1.77. The first-order valence-electron chi connectivity index (χ1n) is 13.2. The number of nitro benzene ring substituents is 1. The van der Waals surface area contributed by atoms with Crippen LogP contribution in [-0.2, 0) is 16.1 Å². The third-order valence-electron chi connectivity index (χ3n) is 6.76. The molecule has 12 heteroatoms. The first-order valence-corrected chi connectivity index (χ1v) is 15.6. The lowest BCUT2D eigenvalue weighted by Gasteiger charge is -2.24. The van der Waals surface area contributed by atoms with Gasteiger partial charge in [0.1, 0.15) is 12.4 Å². The van der Waals surface area contributed by atoms with E-state index < -0.39 is 16.9 Å². The predicted molar refractivity (Wildman–Crippen MR) is 171 cm³/mol. The summed E-state index contributed by atoms with van der Waals surface area (Å²) in [6, 6.07) is 16.9. The number of hydrogen-bond acceptors (Lipinski definition) is 8. The van der Waals surface area contributed by atoms with Crippen molar-refractivity contribution in [3.63, 3.8) is 0 Å². The fraction of sp³-hybridized carbons (Fsp3) is 0.194. The number of thiazole rings is 1. The van der Waals surface area contributed by atoms with Crippen molar-refractivity contribution in [2.24, 2.45) is 4.99 Å². The quantitative estimate of drug-likeness (QED) is 0.123. The van der Waals surface area contributed by atoms with Crippen molar-refractivity contribution < 1.29 is 19.2 Å². The van der Waals surface area contributed by atoms with Gasteiger partial charge in [-0.25, -0.2) is 9.79 Å². The van der Waals surface area contributed by atoms with Crippen LogP contribution in [0.1, 0.15) is 42.1 Å². The number of halogens is 2. The van der Waals surface area contributed by atoms with Crippen LogP contribution in [0.25, 0.3) is 6.08 Å². The lowest BCUT2D eigenvalue weighted by molar-refractivity contribution is -0.384. The highest BCUT2D eigenvalue weighted by molar-refractivity contribution is 9.11. The largest absolute Gasteiger partial charge is 0.487 e. The molecule has 0 saturated heterocycles. The van der Waals surface area contributed by atoms with Crippen molar-refractivity contribution >= 4 is 60.9 Å². The van der Waals surface area contributed by atoms with Gasteiger partial charge in [0.25, 0.3) is 11.2 Å². The number of hydrogen-bond donors (Lipinski definition) is 0. The topological polar surface area (TPSA) is 113 Å². The maximum Gasteiger partial charge on any atom is 0.338 e. The van der Waals surface area contributed by atoms with Crippen molar-refractivity contribution in [2.75, 3.05) is 6.61 Å². The number of carbonyl (C=O) groups is 1. The number of non-ortho nitro benzene ring substituents is 1. The van der Waals surface area contributed by atoms with Crippen LogP contribution in [0.15, 0.2) is 90.7 Å². The minimum absolute atomic E-state index is 0.0122. The Kier molecular flexibility index (Phi) is 9.09. The third-order valence-corrected chi connectivity index (χ3v) is 8.92. The number of nitrogens with zero attached hydrogens (tertiary/aromatic N) is 3. The number of fused-ring (bicyclic) bond motifs is 1. The van der Waals surface area contributed by atoms with Gasteiger partial charge in [-0.2, -0.15) is 0 Å². The summed E-state index contributed by atoms with van der Waals surface area (Å²) >= 11 is 8.37. The summed E-state index contributed by atoms with van der Waals surface area (Å²) in [7, 11) is 0. The molecule has 3 aromatic carbocycles. The maximum atomic E-state index is 13.9. The molecule has 1 aromatic heterocycles. The fourth-order valence-electron chi connectivity index (χ4n) is 4.68. The van der Waals surface area contributed by atoms with Crippen LogP contribution in [-0.4, -0.2) is 22.1 Å². The first kappa shape index (κ1) is 30.6. The number of aryl methyl sites for hydroxylation is 1. The normalized spacial score (nSPS) is 14.7. The summed E-state index contributed by atoms with van der Waals surface area (Å²) in [4.78, 5) is 42.5. The summed E-state index contributed by atoms with van der Waals surface area (Å²) < 4.78 is 14.7. The van der Waals surface area contributed by atoms with Crippen molar-refractivity contribution in [3.8, 4) is 5.75 Å². The fourth-order valence-corrected chi connectivity index (χ4v) is 7.17. The Hall–Kier alpha value is -3.87. The highest BCUT2D eigenvalue weighted by atomic mass is 79.9. The lowest BCUT2D eigenvalue weighted by Crippen LogP contribution is -2.39. The van der Waals surface area contributed by atoms with E-state index in [1.165, 1.54) is 23.5 Å². The zero-order chi connectivity index (χ0) is 30.8. The smallest absolute Gasteiger partial charge is 0.338 e. The van der Waals surface area contributed by atoms with E-state index in [-0.39, 0.29) is 24.5 Å². The maximum absolute atomic E-state index is 13.9. The Morgan fingerprint density at radius 3 is 2.35 bits per heavy atom. The average molecular weight is 727 g/mol. The number of rotatable bonds is 8. The molecule has 5 rings (SSSR count). The Labute approximate surface area is 267 Å². The number of benzene rings is 3. The van der Waals surface area contributed by atoms with Crippen LogP contribution in [0.3, 0.4) is 0 Å². The molecule has 0 fully saturated rings.